The number of non-ortho nitro benzene ring substituents is 1. The van der Waals surface area contributed by atoms with Crippen molar-refractivity contribution in [2.75, 3.05) is 12.3 Å². The van der Waals surface area contributed by atoms with E-state index in [1.54, 1.807) is 24.3 Å². The Labute approximate surface area is 164 Å². The molecular formula is C19H18N4O4S. The molecule has 0 fully saturated rings. The number of nitrogens with one attached hydrogen (secondary N) is 1. The summed E-state index contributed by atoms with van der Waals surface area (Å²) in [5, 5.41) is 14.5. The Hall–Kier alpha value is -3.20. The lowest BCUT2D eigenvalue weighted by atomic mass is 10.2. The molecule has 1 amide bonds. The molecule has 144 valence electrons. The number of nitrogens with zero attached hydrogens (tertiary/aromatic N) is 3. The van der Waals surface area contributed by atoms with Gasteiger partial charge in [0.05, 0.1) is 27.3 Å². The first-order valence-corrected chi connectivity index (χ1v) is 9.66. The Kier molecular flexibility index (Phi) is 6.05. The number of rotatable bonds is 7. The first kappa shape index (κ1) is 19.6. The topological polar surface area (TPSA) is 107 Å². The third-order valence-electron chi connectivity index (χ3n) is 3.97. The highest BCUT2D eigenvalue weighted by Gasteiger charge is 2.15. The number of aromatic nitrogens is 2. The maximum atomic E-state index is 13.1. The molecule has 0 atom stereocenters. The molecular weight excluding hydrogens is 380 g/mol. The van der Waals surface area contributed by atoms with Crippen LogP contribution in [-0.4, -0.2) is 32.7 Å². The molecule has 0 spiro atoms. The molecule has 1 N–H and O–H groups in total. The number of benzene rings is 2. The second-order valence-corrected chi connectivity index (χ2v) is 6.91. The van der Waals surface area contributed by atoms with E-state index in [1.165, 1.54) is 28.8 Å². The van der Waals surface area contributed by atoms with E-state index in [9.17, 15) is 19.7 Å². The van der Waals surface area contributed by atoms with Crippen LogP contribution < -0.4 is 10.9 Å². The van der Waals surface area contributed by atoms with Crippen LogP contribution in [0.4, 0.5) is 5.69 Å². The minimum absolute atomic E-state index is 0.0707. The van der Waals surface area contributed by atoms with Gasteiger partial charge in [-0.15, -0.1) is 0 Å². The minimum atomic E-state index is -0.501. The molecule has 1 aromatic heterocycles. The van der Waals surface area contributed by atoms with Crippen LogP contribution >= 0.6 is 11.8 Å². The van der Waals surface area contributed by atoms with Crippen molar-refractivity contribution in [1.29, 1.82) is 0 Å². The van der Waals surface area contributed by atoms with E-state index in [0.717, 1.165) is 18.2 Å². The third kappa shape index (κ3) is 4.20. The van der Waals surface area contributed by atoms with E-state index in [2.05, 4.69) is 10.3 Å². The molecule has 0 saturated heterocycles. The number of fused-ring (bicyclic) bond motifs is 1. The molecule has 1 heterocycles. The van der Waals surface area contributed by atoms with Crippen LogP contribution in [0.15, 0.2) is 58.5 Å². The molecule has 3 rings (SSSR count). The molecule has 28 heavy (non-hydrogen) atoms. The van der Waals surface area contributed by atoms with Gasteiger partial charge < -0.3 is 5.32 Å². The molecule has 3 aromatic rings. The average molecular weight is 398 g/mol. The van der Waals surface area contributed by atoms with Gasteiger partial charge in [0.1, 0.15) is 0 Å². The van der Waals surface area contributed by atoms with E-state index in [-0.39, 0.29) is 22.9 Å². The second kappa shape index (κ2) is 8.66. The summed E-state index contributed by atoms with van der Waals surface area (Å²) >= 11 is 1.15. The van der Waals surface area contributed by atoms with Crippen LogP contribution in [0, 0.1) is 10.1 Å². The Morgan fingerprint density at radius 2 is 1.93 bits per heavy atom. The number of carbonyl (C=O) groups is 1. The van der Waals surface area contributed by atoms with E-state index < -0.39 is 4.92 Å². The lowest BCUT2D eigenvalue weighted by molar-refractivity contribution is -0.384. The monoisotopic (exact) mass is 398 g/mol. The number of nitro groups is 1. The van der Waals surface area contributed by atoms with Crippen molar-refractivity contribution in [3.8, 4) is 5.69 Å². The van der Waals surface area contributed by atoms with Crippen molar-refractivity contribution in [2.45, 2.75) is 18.5 Å². The summed E-state index contributed by atoms with van der Waals surface area (Å²) in [5.74, 6) is -0.0397. The van der Waals surface area contributed by atoms with Gasteiger partial charge in [-0.1, -0.05) is 30.8 Å². The van der Waals surface area contributed by atoms with Crippen molar-refractivity contribution in [2.24, 2.45) is 0 Å². The largest absolute Gasteiger partial charge is 0.355 e. The smallest absolute Gasteiger partial charge is 0.269 e. The van der Waals surface area contributed by atoms with Crippen molar-refractivity contribution in [1.82, 2.24) is 14.9 Å². The Morgan fingerprint density at radius 1 is 1.21 bits per heavy atom. The van der Waals surface area contributed by atoms with Crippen molar-refractivity contribution < 1.29 is 9.72 Å². The van der Waals surface area contributed by atoms with Crippen LogP contribution in [0.5, 0.6) is 0 Å². The number of amides is 1. The third-order valence-corrected chi connectivity index (χ3v) is 4.91. The molecule has 0 saturated carbocycles. The highest BCUT2D eigenvalue weighted by Crippen LogP contribution is 2.22. The SMILES string of the molecule is CCCNC(=O)CSc1nc2ccccc2c(=O)n1-c1ccc([N+](=O)[O-])cc1. The van der Waals surface area contributed by atoms with Crippen molar-refractivity contribution >= 4 is 34.3 Å². The zero-order chi connectivity index (χ0) is 20.1. The molecule has 9 heteroatoms. The van der Waals surface area contributed by atoms with E-state index >= 15 is 0 Å². The lowest BCUT2D eigenvalue weighted by Gasteiger charge is -2.13. The fourth-order valence-corrected chi connectivity index (χ4v) is 3.45. The normalized spacial score (nSPS) is 10.8. The molecule has 0 aliphatic carbocycles. The zero-order valence-corrected chi connectivity index (χ0v) is 15.9. The molecule has 8 nitrogen and oxygen atoms in total. The van der Waals surface area contributed by atoms with Gasteiger partial charge in [-0.05, 0) is 30.7 Å². The summed E-state index contributed by atoms with van der Waals surface area (Å²) < 4.78 is 1.38. The van der Waals surface area contributed by atoms with Gasteiger partial charge in [-0.25, -0.2) is 4.98 Å². The molecule has 0 aliphatic heterocycles. The number of hydrogen-bond donors (Lipinski definition) is 1. The fraction of sp³-hybridized carbons (Fsp3) is 0.211. The highest BCUT2D eigenvalue weighted by molar-refractivity contribution is 7.99. The molecule has 2 aromatic carbocycles. The number of hydrogen-bond acceptors (Lipinski definition) is 6. The van der Waals surface area contributed by atoms with Gasteiger partial charge in [0.2, 0.25) is 5.91 Å². The fourth-order valence-electron chi connectivity index (χ4n) is 2.61. The number of para-hydroxylation sites is 1. The van der Waals surface area contributed by atoms with Crippen molar-refractivity contribution in [3.05, 3.63) is 69.0 Å². The van der Waals surface area contributed by atoms with Gasteiger partial charge in [-0.3, -0.25) is 24.3 Å². The summed E-state index contributed by atoms with van der Waals surface area (Å²) in [6, 6.07) is 12.6. The molecule has 0 unspecified atom stereocenters. The van der Waals surface area contributed by atoms with Crippen LogP contribution in [-0.2, 0) is 4.79 Å². The average Bonchev–Trinajstić information content (AvgIpc) is 2.71. The highest BCUT2D eigenvalue weighted by atomic mass is 32.2. The predicted molar refractivity (Wildman–Crippen MR) is 108 cm³/mol. The molecule has 0 radical (unpaired) electrons. The molecule has 0 aliphatic rings. The Morgan fingerprint density at radius 3 is 2.61 bits per heavy atom. The summed E-state index contributed by atoms with van der Waals surface area (Å²) in [5.41, 5.74) is 0.613. The number of nitro benzene ring substituents is 1. The number of carbonyl (C=O) groups excluding carboxylic acids is 1. The Bertz CT molecular complexity index is 1080. The zero-order valence-electron chi connectivity index (χ0n) is 15.1. The minimum Gasteiger partial charge on any atom is -0.355 e. The van der Waals surface area contributed by atoms with Crippen molar-refractivity contribution in [3.63, 3.8) is 0 Å². The van der Waals surface area contributed by atoms with Gasteiger partial charge in [0.25, 0.3) is 11.2 Å². The van der Waals surface area contributed by atoms with Crippen LogP contribution in [0.2, 0.25) is 0 Å². The summed E-state index contributed by atoms with van der Waals surface area (Å²) in [6.07, 6.45) is 0.831. The van der Waals surface area contributed by atoms with Gasteiger partial charge >= 0.3 is 0 Å². The quantitative estimate of drug-likeness (QED) is 0.284. The number of thioether (sulfide) groups is 1. The summed E-state index contributed by atoms with van der Waals surface area (Å²) in [6.45, 7) is 2.55. The summed E-state index contributed by atoms with van der Waals surface area (Å²) in [4.78, 5) is 40.0. The standard InChI is InChI=1S/C19H18N4O4S/c1-2-11-20-17(24)12-28-19-21-16-6-4-3-5-15(16)18(25)22(19)13-7-9-14(10-8-13)23(26)27/h3-10H,2,11-12H2,1H3,(H,20,24). The molecule has 0 bridgehead atoms. The van der Waals surface area contributed by atoms with E-state index in [0.29, 0.717) is 28.3 Å². The first-order valence-electron chi connectivity index (χ1n) is 8.67. The maximum Gasteiger partial charge on any atom is 0.269 e. The van der Waals surface area contributed by atoms with E-state index in [1.807, 2.05) is 6.92 Å². The van der Waals surface area contributed by atoms with Gasteiger partial charge in [-0.2, -0.15) is 0 Å². The lowest BCUT2D eigenvalue weighted by Crippen LogP contribution is -2.27. The van der Waals surface area contributed by atoms with E-state index in [4.69, 9.17) is 0 Å². The van der Waals surface area contributed by atoms with Gasteiger partial charge in [0, 0.05) is 18.7 Å². The first-order chi connectivity index (χ1) is 13.5. The Balaban J connectivity index is 2.05. The van der Waals surface area contributed by atoms with Crippen LogP contribution in [0.1, 0.15) is 13.3 Å². The van der Waals surface area contributed by atoms with Gasteiger partial charge in [0.15, 0.2) is 5.16 Å². The maximum absolute atomic E-state index is 13.1. The predicted octanol–water partition coefficient (Wildman–Crippen LogP) is 2.91. The summed E-state index contributed by atoms with van der Waals surface area (Å²) in [7, 11) is 0. The second-order valence-electron chi connectivity index (χ2n) is 5.96. The van der Waals surface area contributed by atoms with Crippen LogP contribution in [0.25, 0.3) is 16.6 Å². The van der Waals surface area contributed by atoms with Crippen LogP contribution in [0.3, 0.4) is 0 Å².